The zero-order valence-electron chi connectivity index (χ0n) is 14.3. The van der Waals surface area contributed by atoms with Crippen LogP contribution in [0.2, 0.25) is 0 Å². The number of likely N-dealkylation sites (tertiary alicyclic amines) is 1. The molecule has 0 N–H and O–H groups in total. The lowest BCUT2D eigenvalue weighted by molar-refractivity contribution is -0.130. The summed E-state index contributed by atoms with van der Waals surface area (Å²) in [6.45, 7) is 2.05. The number of benzene rings is 1. The zero-order valence-corrected chi connectivity index (χ0v) is 14.3. The predicted octanol–water partition coefficient (Wildman–Crippen LogP) is 3.33. The number of nitrogens with zero attached hydrogens (tertiary/aromatic N) is 3. The Kier molecular flexibility index (Phi) is 4.14. The number of amides is 1. The Morgan fingerprint density at radius 1 is 1.16 bits per heavy atom. The number of hydrogen-bond donors (Lipinski definition) is 0. The molecule has 0 radical (unpaired) electrons. The first-order valence-electron chi connectivity index (χ1n) is 8.63. The smallest absolute Gasteiger partial charge is 0.242 e. The van der Waals surface area contributed by atoms with Gasteiger partial charge < -0.3 is 14.2 Å². The van der Waals surface area contributed by atoms with Crippen LogP contribution in [0.25, 0.3) is 22.3 Å². The fourth-order valence-corrected chi connectivity index (χ4v) is 3.45. The molecule has 5 nitrogen and oxygen atoms in total. The fraction of sp³-hybridized carbons (Fsp3) is 0.300. The van der Waals surface area contributed by atoms with E-state index in [4.69, 9.17) is 4.74 Å². The maximum Gasteiger partial charge on any atom is 0.242 e. The van der Waals surface area contributed by atoms with Crippen LogP contribution in [0.3, 0.4) is 0 Å². The van der Waals surface area contributed by atoms with Crippen molar-refractivity contribution < 1.29 is 9.53 Å². The van der Waals surface area contributed by atoms with Crippen LogP contribution < -0.4 is 4.74 Å². The molecule has 1 aliphatic heterocycles. The maximum atomic E-state index is 12.7. The standard InChI is InChI=1S/C20H21N3O2/c1-25-17-8-6-15(7-9-17)18-13-16-5-4-10-21-20(16)23(18)14-19(24)22-11-2-3-12-22/h4-10,13H,2-3,11-12,14H2,1H3. The summed E-state index contributed by atoms with van der Waals surface area (Å²) < 4.78 is 7.27. The van der Waals surface area contributed by atoms with Crippen molar-refractivity contribution in [3.8, 4) is 17.0 Å². The molecule has 1 aliphatic rings. The van der Waals surface area contributed by atoms with Gasteiger partial charge in [0.15, 0.2) is 0 Å². The number of hydrogen-bond acceptors (Lipinski definition) is 3. The first-order valence-corrected chi connectivity index (χ1v) is 8.63. The van der Waals surface area contributed by atoms with Gasteiger partial charge in [-0.15, -0.1) is 0 Å². The van der Waals surface area contributed by atoms with Gasteiger partial charge in [0.25, 0.3) is 0 Å². The average Bonchev–Trinajstić information content (AvgIpc) is 3.30. The number of fused-ring (bicyclic) bond motifs is 1. The molecule has 0 bridgehead atoms. The summed E-state index contributed by atoms with van der Waals surface area (Å²) in [6.07, 6.45) is 3.97. The monoisotopic (exact) mass is 335 g/mol. The fourth-order valence-electron chi connectivity index (χ4n) is 3.45. The third-order valence-corrected chi connectivity index (χ3v) is 4.79. The average molecular weight is 335 g/mol. The third kappa shape index (κ3) is 2.97. The molecule has 0 unspecified atom stereocenters. The minimum Gasteiger partial charge on any atom is -0.497 e. The molecule has 0 saturated carbocycles. The van der Waals surface area contributed by atoms with Crippen molar-refractivity contribution in [2.24, 2.45) is 0 Å². The van der Waals surface area contributed by atoms with E-state index in [1.54, 1.807) is 13.3 Å². The Labute approximate surface area is 146 Å². The second kappa shape index (κ2) is 6.59. The van der Waals surface area contributed by atoms with E-state index in [0.717, 1.165) is 54.0 Å². The van der Waals surface area contributed by atoms with Crippen molar-refractivity contribution in [1.29, 1.82) is 0 Å². The van der Waals surface area contributed by atoms with E-state index in [2.05, 4.69) is 11.1 Å². The van der Waals surface area contributed by atoms with Crippen LogP contribution in [0.1, 0.15) is 12.8 Å². The summed E-state index contributed by atoms with van der Waals surface area (Å²) in [5.41, 5.74) is 2.90. The molecule has 3 aromatic rings. The van der Waals surface area contributed by atoms with Crippen molar-refractivity contribution in [3.63, 3.8) is 0 Å². The minimum absolute atomic E-state index is 0.162. The van der Waals surface area contributed by atoms with Gasteiger partial charge in [0.1, 0.15) is 17.9 Å². The highest BCUT2D eigenvalue weighted by Gasteiger charge is 2.21. The van der Waals surface area contributed by atoms with Crippen molar-refractivity contribution >= 4 is 16.9 Å². The highest BCUT2D eigenvalue weighted by molar-refractivity contribution is 5.87. The molecule has 1 amide bonds. The molecule has 0 atom stereocenters. The van der Waals surface area contributed by atoms with Gasteiger partial charge in [-0.25, -0.2) is 4.98 Å². The molecule has 1 aromatic carbocycles. The normalized spacial score (nSPS) is 14.2. The SMILES string of the molecule is COc1ccc(-c2cc3cccnc3n2CC(=O)N2CCCC2)cc1. The van der Waals surface area contributed by atoms with Crippen LogP contribution in [0.5, 0.6) is 5.75 Å². The molecule has 0 spiro atoms. The van der Waals surface area contributed by atoms with Gasteiger partial charge in [-0.2, -0.15) is 0 Å². The molecule has 3 heterocycles. The number of carbonyl (C=O) groups excluding carboxylic acids is 1. The molecule has 25 heavy (non-hydrogen) atoms. The summed E-state index contributed by atoms with van der Waals surface area (Å²) >= 11 is 0. The van der Waals surface area contributed by atoms with Gasteiger partial charge in [0, 0.05) is 24.7 Å². The number of rotatable bonds is 4. The summed E-state index contributed by atoms with van der Waals surface area (Å²) in [4.78, 5) is 19.2. The summed E-state index contributed by atoms with van der Waals surface area (Å²) in [5.74, 6) is 0.980. The summed E-state index contributed by atoms with van der Waals surface area (Å²) in [6, 6.07) is 14.0. The van der Waals surface area contributed by atoms with Gasteiger partial charge in [-0.05, 0) is 60.9 Å². The number of methoxy groups -OCH3 is 1. The lowest BCUT2D eigenvalue weighted by atomic mass is 10.1. The highest BCUT2D eigenvalue weighted by atomic mass is 16.5. The van der Waals surface area contributed by atoms with E-state index in [-0.39, 0.29) is 5.91 Å². The Balaban J connectivity index is 1.75. The van der Waals surface area contributed by atoms with Crippen LogP contribution >= 0.6 is 0 Å². The Morgan fingerprint density at radius 2 is 1.92 bits per heavy atom. The van der Waals surface area contributed by atoms with E-state index in [9.17, 15) is 4.79 Å². The van der Waals surface area contributed by atoms with Crippen LogP contribution in [0, 0.1) is 0 Å². The largest absolute Gasteiger partial charge is 0.497 e. The van der Waals surface area contributed by atoms with Gasteiger partial charge >= 0.3 is 0 Å². The number of aromatic nitrogens is 2. The Morgan fingerprint density at radius 3 is 2.64 bits per heavy atom. The quantitative estimate of drug-likeness (QED) is 0.735. The molecule has 128 valence electrons. The summed E-state index contributed by atoms with van der Waals surface area (Å²) in [5, 5.41) is 1.04. The second-order valence-electron chi connectivity index (χ2n) is 6.35. The van der Waals surface area contributed by atoms with Crippen molar-refractivity contribution in [2.75, 3.05) is 20.2 Å². The van der Waals surface area contributed by atoms with Crippen LogP contribution in [-0.2, 0) is 11.3 Å². The van der Waals surface area contributed by atoms with Crippen molar-refractivity contribution in [2.45, 2.75) is 19.4 Å². The van der Waals surface area contributed by atoms with Gasteiger partial charge in [-0.1, -0.05) is 0 Å². The molecule has 5 heteroatoms. The molecule has 1 fully saturated rings. The number of carbonyl (C=O) groups is 1. The van der Waals surface area contributed by atoms with E-state index in [0.29, 0.717) is 6.54 Å². The first-order chi connectivity index (χ1) is 12.3. The molecule has 1 saturated heterocycles. The van der Waals surface area contributed by atoms with E-state index >= 15 is 0 Å². The minimum atomic E-state index is 0.162. The lowest BCUT2D eigenvalue weighted by Crippen LogP contribution is -2.31. The third-order valence-electron chi connectivity index (χ3n) is 4.79. The molecular weight excluding hydrogens is 314 g/mol. The van der Waals surface area contributed by atoms with Crippen molar-refractivity contribution in [3.05, 3.63) is 48.7 Å². The van der Waals surface area contributed by atoms with E-state index < -0.39 is 0 Å². The molecule has 2 aromatic heterocycles. The maximum absolute atomic E-state index is 12.7. The Bertz CT molecular complexity index is 893. The number of ether oxygens (including phenoxy) is 1. The second-order valence-corrected chi connectivity index (χ2v) is 6.35. The highest BCUT2D eigenvalue weighted by Crippen LogP contribution is 2.29. The van der Waals surface area contributed by atoms with Gasteiger partial charge in [0.2, 0.25) is 5.91 Å². The van der Waals surface area contributed by atoms with E-state index in [1.807, 2.05) is 45.9 Å². The van der Waals surface area contributed by atoms with Gasteiger partial charge in [0.05, 0.1) is 12.8 Å². The number of pyridine rings is 1. The van der Waals surface area contributed by atoms with Crippen molar-refractivity contribution in [1.82, 2.24) is 14.5 Å². The van der Waals surface area contributed by atoms with E-state index in [1.165, 1.54) is 0 Å². The molecule has 0 aliphatic carbocycles. The van der Waals surface area contributed by atoms with Crippen LogP contribution in [0.4, 0.5) is 0 Å². The summed E-state index contributed by atoms with van der Waals surface area (Å²) in [7, 11) is 1.66. The van der Waals surface area contributed by atoms with Crippen LogP contribution in [-0.4, -0.2) is 40.6 Å². The predicted molar refractivity (Wildman–Crippen MR) is 97.5 cm³/mol. The zero-order chi connectivity index (χ0) is 17.2. The van der Waals surface area contributed by atoms with Crippen LogP contribution in [0.15, 0.2) is 48.7 Å². The van der Waals surface area contributed by atoms with Gasteiger partial charge in [-0.3, -0.25) is 4.79 Å². The first kappa shape index (κ1) is 15.7. The topological polar surface area (TPSA) is 47.4 Å². The molecule has 4 rings (SSSR count). The Hall–Kier alpha value is -2.82. The lowest BCUT2D eigenvalue weighted by Gasteiger charge is -2.17. The molecular formula is C20H21N3O2.